The van der Waals surface area contributed by atoms with Gasteiger partial charge < -0.3 is 5.73 Å². The van der Waals surface area contributed by atoms with Crippen LogP contribution >= 0.6 is 0 Å². The predicted molar refractivity (Wildman–Crippen MR) is 62.8 cm³/mol. The maximum atomic E-state index is 6.35. The Balaban J connectivity index is 2.51. The average Bonchev–Trinajstić information content (AvgIpc) is 2.60. The zero-order chi connectivity index (χ0) is 11.8. The van der Waals surface area contributed by atoms with Crippen LogP contribution in [0.4, 0.5) is 0 Å². The molecule has 0 spiro atoms. The lowest BCUT2D eigenvalue weighted by Gasteiger charge is -2.23. The highest BCUT2D eigenvalue weighted by atomic mass is 15.3. The van der Waals surface area contributed by atoms with E-state index in [1.165, 1.54) is 0 Å². The van der Waals surface area contributed by atoms with Gasteiger partial charge in [-0.25, -0.2) is 4.98 Å². The number of aromatic nitrogens is 3. The molecular formula is C12H16N4. The Bertz CT molecular complexity index is 485. The molecule has 0 aliphatic heterocycles. The second-order valence-corrected chi connectivity index (χ2v) is 4.17. The summed E-state index contributed by atoms with van der Waals surface area (Å²) in [6.07, 6.45) is 0. The van der Waals surface area contributed by atoms with E-state index in [1.807, 2.05) is 51.2 Å². The summed E-state index contributed by atoms with van der Waals surface area (Å²) in [5, 5.41) is 4.23. The van der Waals surface area contributed by atoms with Gasteiger partial charge in [-0.15, -0.1) is 0 Å². The lowest BCUT2D eigenvalue weighted by Crippen LogP contribution is -2.37. The van der Waals surface area contributed by atoms with Crippen molar-refractivity contribution in [2.24, 2.45) is 12.8 Å². The van der Waals surface area contributed by atoms with Gasteiger partial charge in [-0.1, -0.05) is 30.3 Å². The van der Waals surface area contributed by atoms with Crippen LogP contribution in [-0.4, -0.2) is 14.8 Å². The third kappa shape index (κ3) is 1.72. The fourth-order valence-electron chi connectivity index (χ4n) is 1.88. The van der Waals surface area contributed by atoms with Crippen molar-refractivity contribution in [2.45, 2.75) is 19.4 Å². The van der Waals surface area contributed by atoms with Gasteiger partial charge in [0.1, 0.15) is 5.82 Å². The van der Waals surface area contributed by atoms with E-state index in [4.69, 9.17) is 5.73 Å². The third-order valence-electron chi connectivity index (χ3n) is 2.71. The van der Waals surface area contributed by atoms with Crippen LogP contribution in [0.5, 0.6) is 0 Å². The highest BCUT2D eigenvalue weighted by Crippen LogP contribution is 2.24. The van der Waals surface area contributed by atoms with E-state index in [9.17, 15) is 0 Å². The second-order valence-electron chi connectivity index (χ2n) is 4.17. The number of nitrogens with two attached hydrogens (primary N) is 1. The van der Waals surface area contributed by atoms with Crippen molar-refractivity contribution in [3.8, 4) is 0 Å². The maximum absolute atomic E-state index is 6.35. The zero-order valence-electron chi connectivity index (χ0n) is 9.81. The Kier molecular flexibility index (Phi) is 2.52. The minimum Gasteiger partial charge on any atom is -0.315 e. The van der Waals surface area contributed by atoms with Gasteiger partial charge in [-0.05, 0) is 19.4 Å². The fraction of sp³-hybridized carbons (Fsp3) is 0.333. The molecule has 0 bridgehead atoms. The highest BCUT2D eigenvalue weighted by molar-refractivity contribution is 5.30. The highest BCUT2D eigenvalue weighted by Gasteiger charge is 2.28. The Morgan fingerprint density at radius 3 is 2.38 bits per heavy atom. The van der Waals surface area contributed by atoms with E-state index in [2.05, 4.69) is 10.1 Å². The van der Waals surface area contributed by atoms with E-state index >= 15 is 0 Å². The molecule has 0 fully saturated rings. The number of hydrogen-bond acceptors (Lipinski definition) is 3. The van der Waals surface area contributed by atoms with Crippen molar-refractivity contribution >= 4 is 0 Å². The van der Waals surface area contributed by atoms with Gasteiger partial charge >= 0.3 is 0 Å². The second kappa shape index (κ2) is 3.72. The molecule has 0 aliphatic rings. The SMILES string of the molecule is Cc1nc(C(C)(N)c2ccccc2)n(C)n1. The molecule has 1 aromatic heterocycles. The molecule has 2 rings (SSSR count). The van der Waals surface area contributed by atoms with Gasteiger partial charge in [0, 0.05) is 7.05 Å². The number of nitrogens with zero attached hydrogens (tertiary/aromatic N) is 3. The molecule has 1 heterocycles. The van der Waals surface area contributed by atoms with Crippen molar-refractivity contribution in [3.63, 3.8) is 0 Å². The summed E-state index contributed by atoms with van der Waals surface area (Å²) in [6.45, 7) is 3.82. The van der Waals surface area contributed by atoms with E-state index in [-0.39, 0.29) is 0 Å². The lowest BCUT2D eigenvalue weighted by molar-refractivity contribution is 0.517. The Hall–Kier alpha value is -1.68. The molecule has 2 aromatic rings. The van der Waals surface area contributed by atoms with Crippen LogP contribution < -0.4 is 5.73 Å². The largest absolute Gasteiger partial charge is 0.315 e. The standard InChI is InChI=1S/C12H16N4/c1-9-14-11(16(3)15-9)12(2,13)10-7-5-4-6-8-10/h4-8H,13H2,1-3H3. The first-order valence-electron chi connectivity index (χ1n) is 5.24. The molecule has 0 radical (unpaired) electrons. The number of hydrogen-bond donors (Lipinski definition) is 1. The van der Waals surface area contributed by atoms with Crippen molar-refractivity contribution in [1.82, 2.24) is 14.8 Å². The summed E-state index contributed by atoms with van der Waals surface area (Å²) >= 11 is 0. The molecule has 0 saturated heterocycles. The zero-order valence-corrected chi connectivity index (χ0v) is 9.81. The van der Waals surface area contributed by atoms with Crippen LogP contribution in [0.15, 0.2) is 30.3 Å². The summed E-state index contributed by atoms with van der Waals surface area (Å²) in [5.41, 5.74) is 6.77. The van der Waals surface area contributed by atoms with Crippen LogP contribution in [0.2, 0.25) is 0 Å². The lowest BCUT2D eigenvalue weighted by atomic mass is 9.92. The van der Waals surface area contributed by atoms with Crippen LogP contribution in [-0.2, 0) is 12.6 Å². The molecular weight excluding hydrogens is 200 g/mol. The molecule has 16 heavy (non-hydrogen) atoms. The number of benzene rings is 1. The van der Waals surface area contributed by atoms with Crippen molar-refractivity contribution in [1.29, 1.82) is 0 Å². The van der Waals surface area contributed by atoms with Crippen molar-refractivity contribution in [2.75, 3.05) is 0 Å². The van der Waals surface area contributed by atoms with E-state index in [0.29, 0.717) is 0 Å². The van der Waals surface area contributed by atoms with Crippen LogP contribution in [0.1, 0.15) is 24.1 Å². The monoisotopic (exact) mass is 216 g/mol. The van der Waals surface area contributed by atoms with Gasteiger partial charge in [0.25, 0.3) is 0 Å². The number of rotatable bonds is 2. The summed E-state index contributed by atoms with van der Waals surface area (Å²) in [6, 6.07) is 9.93. The first-order valence-corrected chi connectivity index (χ1v) is 5.24. The van der Waals surface area contributed by atoms with Crippen LogP contribution in [0, 0.1) is 6.92 Å². The van der Waals surface area contributed by atoms with Gasteiger partial charge in [-0.3, -0.25) is 4.68 Å². The maximum Gasteiger partial charge on any atom is 0.151 e. The fourth-order valence-corrected chi connectivity index (χ4v) is 1.88. The first-order chi connectivity index (χ1) is 7.51. The van der Waals surface area contributed by atoms with Gasteiger partial charge in [0.2, 0.25) is 0 Å². The molecule has 0 saturated carbocycles. The Labute approximate surface area is 95.1 Å². The Morgan fingerprint density at radius 1 is 1.25 bits per heavy atom. The molecule has 1 atom stereocenters. The van der Waals surface area contributed by atoms with Gasteiger partial charge in [-0.2, -0.15) is 5.10 Å². The van der Waals surface area contributed by atoms with Crippen LogP contribution in [0.3, 0.4) is 0 Å². The third-order valence-corrected chi connectivity index (χ3v) is 2.71. The summed E-state index contributed by atoms with van der Waals surface area (Å²) in [4.78, 5) is 4.39. The smallest absolute Gasteiger partial charge is 0.151 e. The van der Waals surface area contributed by atoms with E-state index in [1.54, 1.807) is 4.68 Å². The van der Waals surface area contributed by atoms with Crippen molar-refractivity contribution < 1.29 is 0 Å². The average molecular weight is 216 g/mol. The topological polar surface area (TPSA) is 56.7 Å². The summed E-state index contributed by atoms with van der Waals surface area (Å²) < 4.78 is 1.74. The minimum atomic E-state index is -0.614. The molecule has 1 aromatic carbocycles. The first kappa shape index (κ1) is 10.8. The van der Waals surface area contributed by atoms with Crippen molar-refractivity contribution in [3.05, 3.63) is 47.5 Å². The minimum absolute atomic E-state index is 0.614. The van der Waals surface area contributed by atoms with E-state index in [0.717, 1.165) is 17.2 Å². The molecule has 4 heteroatoms. The van der Waals surface area contributed by atoms with Gasteiger partial charge in [0.15, 0.2) is 5.82 Å². The van der Waals surface area contributed by atoms with Gasteiger partial charge in [0.05, 0.1) is 5.54 Å². The molecule has 2 N–H and O–H groups in total. The Morgan fingerprint density at radius 2 is 1.88 bits per heavy atom. The van der Waals surface area contributed by atoms with E-state index < -0.39 is 5.54 Å². The molecule has 0 amide bonds. The predicted octanol–water partition coefficient (Wildman–Crippen LogP) is 1.35. The number of aryl methyl sites for hydroxylation is 2. The summed E-state index contributed by atoms with van der Waals surface area (Å²) in [7, 11) is 1.86. The molecule has 84 valence electrons. The summed E-state index contributed by atoms with van der Waals surface area (Å²) in [5.74, 6) is 1.52. The normalized spacial score (nSPS) is 14.8. The molecule has 4 nitrogen and oxygen atoms in total. The molecule has 1 unspecified atom stereocenters. The van der Waals surface area contributed by atoms with Crippen LogP contribution in [0.25, 0.3) is 0 Å². The molecule has 0 aliphatic carbocycles. The quantitative estimate of drug-likeness (QED) is 0.824.